The normalized spacial score (nSPS) is 23.0. The summed E-state index contributed by atoms with van der Waals surface area (Å²) in [7, 11) is 0. The minimum atomic E-state index is -0.680. The van der Waals surface area contributed by atoms with Gasteiger partial charge in [0.05, 0.1) is 11.5 Å². The third kappa shape index (κ3) is 4.18. The van der Waals surface area contributed by atoms with Crippen molar-refractivity contribution in [3.63, 3.8) is 0 Å². The summed E-state index contributed by atoms with van der Waals surface area (Å²) in [4.78, 5) is 45.6. The largest absolute Gasteiger partial charge is 0.326 e. The van der Waals surface area contributed by atoms with Gasteiger partial charge < -0.3 is 15.5 Å². The van der Waals surface area contributed by atoms with Gasteiger partial charge in [0.15, 0.2) is 0 Å². The van der Waals surface area contributed by atoms with E-state index >= 15 is 0 Å². The SMILES string of the molecule is Cc1cc([C@@H]2CCC(C)(C)C(=O)N2CC(=O)Nc2ccc3c(c2)CC2(C3)C(=O)Nc3ncccc32)ccc1F. The van der Waals surface area contributed by atoms with Crippen molar-refractivity contribution in [2.75, 3.05) is 17.2 Å². The number of anilines is 2. The number of carbonyl (C=O) groups excluding carboxylic acids is 3. The van der Waals surface area contributed by atoms with Crippen LogP contribution >= 0.6 is 0 Å². The van der Waals surface area contributed by atoms with Crippen LogP contribution in [0.25, 0.3) is 0 Å². The van der Waals surface area contributed by atoms with E-state index in [0.29, 0.717) is 42.8 Å². The number of carbonyl (C=O) groups is 3. The summed E-state index contributed by atoms with van der Waals surface area (Å²) in [6.45, 7) is 5.39. The molecule has 0 radical (unpaired) electrons. The number of fused-ring (bicyclic) bond motifs is 3. The van der Waals surface area contributed by atoms with E-state index in [-0.39, 0.29) is 36.1 Å². The van der Waals surface area contributed by atoms with Crippen molar-refractivity contribution in [3.05, 3.63) is 88.4 Å². The Hall–Kier alpha value is -4.07. The number of pyridine rings is 1. The summed E-state index contributed by atoms with van der Waals surface area (Å²) in [5, 5.41) is 5.88. The smallest absolute Gasteiger partial charge is 0.244 e. The lowest BCUT2D eigenvalue weighted by Gasteiger charge is -2.43. The van der Waals surface area contributed by atoms with Crippen molar-refractivity contribution in [2.24, 2.45) is 5.41 Å². The highest BCUT2D eigenvalue weighted by atomic mass is 19.1. The second-order valence-corrected chi connectivity index (χ2v) is 11.7. The Kier molecular flexibility index (Phi) is 5.82. The molecular weight excluding hydrogens is 495 g/mol. The third-order valence-electron chi connectivity index (χ3n) is 8.60. The molecule has 200 valence electrons. The maximum Gasteiger partial charge on any atom is 0.244 e. The maximum absolute atomic E-state index is 13.9. The molecule has 2 aliphatic heterocycles. The topological polar surface area (TPSA) is 91.4 Å². The molecule has 3 heterocycles. The van der Waals surface area contributed by atoms with E-state index in [1.54, 1.807) is 30.2 Å². The molecule has 2 atom stereocenters. The van der Waals surface area contributed by atoms with E-state index in [0.717, 1.165) is 22.3 Å². The number of halogens is 1. The highest BCUT2D eigenvalue weighted by Gasteiger charge is 2.51. The zero-order valence-corrected chi connectivity index (χ0v) is 22.3. The molecule has 1 fully saturated rings. The summed E-state index contributed by atoms with van der Waals surface area (Å²) < 4.78 is 13.9. The van der Waals surface area contributed by atoms with Crippen LogP contribution in [0, 0.1) is 18.2 Å². The van der Waals surface area contributed by atoms with Gasteiger partial charge in [0.25, 0.3) is 0 Å². The number of likely N-dealkylation sites (tertiary alicyclic amines) is 1. The molecule has 8 heteroatoms. The third-order valence-corrected chi connectivity index (χ3v) is 8.60. The molecule has 3 aliphatic rings. The number of aromatic nitrogens is 1. The summed E-state index contributed by atoms with van der Waals surface area (Å²) in [5.41, 5.74) is 3.69. The van der Waals surface area contributed by atoms with Crippen molar-refractivity contribution in [1.29, 1.82) is 0 Å². The molecule has 3 aromatic rings. The van der Waals surface area contributed by atoms with Crippen molar-refractivity contribution >= 4 is 29.2 Å². The van der Waals surface area contributed by atoms with Gasteiger partial charge in [-0.1, -0.05) is 38.1 Å². The van der Waals surface area contributed by atoms with Gasteiger partial charge in [0.2, 0.25) is 17.7 Å². The molecule has 0 bridgehead atoms. The molecule has 1 aromatic heterocycles. The number of piperidine rings is 1. The van der Waals surface area contributed by atoms with Crippen LogP contribution in [-0.2, 0) is 32.6 Å². The van der Waals surface area contributed by atoms with Crippen LogP contribution < -0.4 is 10.6 Å². The molecule has 1 unspecified atom stereocenters. The van der Waals surface area contributed by atoms with Gasteiger partial charge in [-0.2, -0.15) is 0 Å². The van der Waals surface area contributed by atoms with E-state index in [2.05, 4.69) is 15.6 Å². The van der Waals surface area contributed by atoms with Gasteiger partial charge >= 0.3 is 0 Å². The van der Waals surface area contributed by atoms with E-state index in [1.165, 1.54) is 6.07 Å². The van der Waals surface area contributed by atoms with Crippen molar-refractivity contribution in [1.82, 2.24) is 9.88 Å². The predicted octanol–water partition coefficient (Wildman–Crippen LogP) is 4.85. The Morgan fingerprint density at radius 3 is 2.72 bits per heavy atom. The zero-order chi connectivity index (χ0) is 27.5. The van der Waals surface area contributed by atoms with Crippen LogP contribution in [0.5, 0.6) is 0 Å². The average Bonchev–Trinajstić information content (AvgIpc) is 3.41. The summed E-state index contributed by atoms with van der Waals surface area (Å²) in [6.07, 6.45) is 4.16. The minimum absolute atomic E-state index is 0.0497. The summed E-state index contributed by atoms with van der Waals surface area (Å²) in [6, 6.07) is 14.1. The van der Waals surface area contributed by atoms with Gasteiger partial charge in [-0.05, 0) is 79.1 Å². The molecule has 39 heavy (non-hydrogen) atoms. The van der Waals surface area contributed by atoms with Crippen LogP contribution in [0.3, 0.4) is 0 Å². The Morgan fingerprint density at radius 2 is 1.92 bits per heavy atom. The van der Waals surface area contributed by atoms with Crippen LogP contribution in [0.4, 0.5) is 15.9 Å². The fourth-order valence-corrected chi connectivity index (χ4v) is 6.39. The first-order chi connectivity index (χ1) is 18.6. The molecule has 2 N–H and O–H groups in total. The van der Waals surface area contributed by atoms with Gasteiger partial charge in [-0.3, -0.25) is 14.4 Å². The fourth-order valence-electron chi connectivity index (χ4n) is 6.39. The number of nitrogens with zero attached hydrogens (tertiary/aromatic N) is 2. The zero-order valence-electron chi connectivity index (χ0n) is 22.3. The molecule has 6 rings (SSSR count). The van der Waals surface area contributed by atoms with E-state index in [4.69, 9.17) is 0 Å². The van der Waals surface area contributed by atoms with Crippen LogP contribution in [0.15, 0.2) is 54.7 Å². The quantitative estimate of drug-likeness (QED) is 0.509. The number of hydrogen-bond donors (Lipinski definition) is 2. The molecule has 2 aromatic carbocycles. The standard InChI is InChI=1S/C31H31FN4O3/c1-18-13-19(7-9-24(18)32)25-10-11-30(2,3)29(39)36(25)17-26(37)34-22-8-6-20-15-31(16-21(20)14-22)23-5-4-12-33-27(23)35-28(31)38/h4-9,12-14,25H,10-11,15-17H2,1-3H3,(H,34,37)(H,33,35,38)/t25-,31?/m0/s1. The fraction of sp³-hybridized carbons (Fsp3) is 0.355. The minimum Gasteiger partial charge on any atom is -0.326 e. The average molecular weight is 527 g/mol. The lowest BCUT2D eigenvalue weighted by molar-refractivity contribution is -0.150. The molecule has 1 spiro atoms. The second-order valence-electron chi connectivity index (χ2n) is 11.7. The Bertz CT molecular complexity index is 1530. The van der Waals surface area contributed by atoms with Crippen LogP contribution in [-0.4, -0.2) is 34.2 Å². The summed E-state index contributed by atoms with van der Waals surface area (Å²) in [5.74, 6) is -0.120. The van der Waals surface area contributed by atoms with E-state index in [1.807, 2.05) is 44.2 Å². The lowest BCUT2D eigenvalue weighted by Crippen LogP contribution is -2.50. The Morgan fingerprint density at radius 1 is 1.13 bits per heavy atom. The highest BCUT2D eigenvalue weighted by molar-refractivity contribution is 6.06. The Balaban J connectivity index is 1.21. The first kappa shape index (κ1) is 25.2. The number of rotatable bonds is 4. The molecule has 3 amide bonds. The monoisotopic (exact) mass is 526 g/mol. The van der Waals surface area contributed by atoms with Gasteiger partial charge in [-0.25, -0.2) is 9.37 Å². The van der Waals surface area contributed by atoms with E-state index in [9.17, 15) is 18.8 Å². The molecule has 1 aliphatic carbocycles. The predicted molar refractivity (Wildman–Crippen MR) is 146 cm³/mol. The lowest BCUT2D eigenvalue weighted by atomic mass is 9.78. The van der Waals surface area contributed by atoms with Gasteiger partial charge in [0, 0.05) is 22.9 Å². The second kappa shape index (κ2) is 9.00. The van der Waals surface area contributed by atoms with Crippen molar-refractivity contribution in [3.8, 4) is 0 Å². The number of nitrogens with one attached hydrogen (secondary N) is 2. The van der Waals surface area contributed by atoms with Crippen molar-refractivity contribution < 1.29 is 18.8 Å². The first-order valence-electron chi connectivity index (χ1n) is 13.3. The Labute approximate surface area is 226 Å². The summed E-state index contributed by atoms with van der Waals surface area (Å²) >= 11 is 0. The van der Waals surface area contributed by atoms with Gasteiger partial charge in [0.1, 0.15) is 18.2 Å². The maximum atomic E-state index is 13.9. The molecule has 1 saturated heterocycles. The van der Waals surface area contributed by atoms with E-state index < -0.39 is 10.8 Å². The molecular formula is C31H31FN4O3. The van der Waals surface area contributed by atoms with Crippen LogP contribution in [0.2, 0.25) is 0 Å². The van der Waals surface area contributed by atoms with Gasteiger partial charge in [-0.15, -0.1) is 0 Å². The number of aryl methyl sites for hydroxylation is 1. The molecule has 7 nitrogen and oxygen atoms in total. The first-order valence-corrected chi connectivity index (χ1v) is 13.3. The number of amides is 3. The number of benzene rings is 2. The van der Waals surface area contributed by atoms with Crippen molar-refractivity contribution in [2.45, 2.75) is 57.9 Å². The highest BCUT2D eigenvalue weighted by Crippen LogP contribution is 2.47. The molecule has 0 saturated carbocycles. The number of hydrogen-bond acceptors (Lipinski definition) is 4. The van der Waals surface area contributed by atoms with Crippen LogP contribution in [0.1, 0.15) is 60.5 Å².